The lowest BCUT2D eigenvalue weighted by Gasteiger charge is -2.09. The molecule has 0 saturated heterocycles. The van der Waals surface area contributed by atoms with Gasteiger partial charge in [-0.1, -0.05) is 30.7 Å². The fraction of sp³-hybridized carbons (Fsp3) is 0.167. The van der Waals surface area contributed by atoms with Crippen molar-refractivity contribution in [3.63, 3.8) is 0 Å². The molecular formula is C18H16ClNO3S. The van der Waals surface area contributed by atoms with Crippen LogP contribution in [0, 0.1) is 6.92 Å². The Morgan fingerprint density at radius 3 is 2.75 bits per heavy atom. The van der Waals surface area contributed by atoms with Gasteiger partial charge in [-0.3, -0.25) is 9.00 Å². The average Bonchev–Trinajstić information content (AvgIpc) is 2.91. The first-order valence-electron chi connectivity index (χ1n) is 7.48. The lowest BCUT2D eigenvalue weighted by atomic mass is 10.1. The van der Waals surface area contributed by atoms with Crippen LogP contribution in [0.4, 0.5) is 5.69 Å². The quantitative estimate of drug-likeness (QED) is 0.727. The molecule has 1 amide bonds. The van der Waals surface area contributed by atoms with Crippen LogP contribution in [0.2, 0.25) is 5.02 Å². The minimum Gasteiger partial charge on any atom is -0.451 e. The van der Waals surface area contributed by atoms with E-state index in [2.05, 4.69) is 5.32 Å². The van der Waals surface area contributed by atoms with E-state index in [0.717, 1.165) is 10.9 Å². The molecule has 1 N–H and O–H groups in total. The Morgan fingerprint density at radius 2 is 2.00 bits per heavy atom. The van der Waals surface area contributed by atoms with Crippen molar-refractivity contribution in [1.82, 2.24) is 0 Å². The second kappa shape index (κ2) is 6.79. The van der Waals surface area contributed by atoms with Crippen molar-refractivity contribution in [1.29, 1.82) is 0 Å². The number of benzene rings is 2. The van der Waals surface area contributed by atoms with Crippen LogP contribution >= 0.6 is 11.6 Å². The summed E-state index contributed by atoms with van der Waals surface area (Å²) in [7, 11) is -1.16. The summed E-state index contributed by atoms with van der Waals surface area (Å²) in [4.78, 5) is 13.2. The van der Waals surface area contributed by atoms with Gasteiger partial charge in [0, 0.05) is 21.7 Å². The lowest BCUT2D eigenvalue weighted by molar-refractivity contribution is 0.0997. The van der Waals surface area contributed by atoms with Gasteiger partial charge in [-0.25, -0.2) is 0 Å². The van der Waals surface area contributed by atoms with Crippen LogP contribution < -0.4 is 5.32 Å². The van der Waals surface area contributed by atoms with Crippen molar-refractivity contribution in [3.8, 4) is 0 Å². The van der Waals surface area contributed by atoms with E-state index in [4.69, 9.17) is 16.0 Å². The zero-order valence-corrected chi connectivity index (χ0v) is 14.8. The number of carbonyl (C=O) groups excluding carboxylic acids is 1. The minimum atomic E-state index is -1.16. The first-order valence-corrected chi connectivity index (χ1v) is 9.18. The zero-order valence-electron chi connectivity index (χ0n) is 13.3. The Kier molecular flexibility index (Phi) is 4.73. The maximum Gasteiger partial charge on any atom is 0.291 e. The molecule has 1 heterocycles. The van der Waals surface area contributed by atoms with E-state index in [9.17, 15) is 9.00 Å². The Hall–Kier alpha value is -2.11. The third-order valence-corrected chi connectivity index (χ3v) is 5.35. The largest absolute Gasteiger partial charge is 0.451 e. The van der Waals surface area contributed by atoms with Gasteiger partial charge >= 0.3 is 0 Å². The summed E-state index contributed by atoms with van der Waals surface area (Å²) in [6, 6.07) is 12.3. The minimum absolute atomic E-state index is 0.226. The number of para-hydroxylation sites is 1. The summed E-state index contributed by atoms with van der Waals surface area (Å²) in [6.07, 6.45) is 0. The molecule has 1 unspecified atom stereocenters. The molecule has 6 heteroatoms. The van der Waals surface area contributed by atoms with E-state index in [1.54, 1.807) is 42.5 Å². The van der Waals surface area contributed by atoms with Crippen molar-refractivity contribution in [2.75, 3.05) is 11.1 Å². The maximum atomic E-state index is 12.6. The maximum absolute atomic E-state index is 12.6. The summed E-state index contributed by atoms with van der Waals surface area (Å²) >= 11 is 6.00. The number of aryl methyl sites for hydroxylation is 1. The van der Waals surface area contributed by atoms with E-state index in [-0.39, 0.29) is 11.7 Å². The molecular weight excluding hydrogens is 346 g/mol. The second-order valence-electron chi connectivity index (χ2n) is 5.28. The highest BCUT2D eigenvalue weighted by Crippen LogP contribution is 2.29. The van der Waals surface area contributed by atoms with E-state index in [1.807, 2.05) is 13.8 Å². The first kappa shape index (κ1) is 16.7. The molecule has 124 valence electrons. The number of anilines is 1. The summed E-state index contributed by atoms with van der Waals surface area (Å²) in [5.74, 6) is 0.333. The first-order chi connectivity index (χ1) is 11.5. The van der Waals surface area contributed by atoms with Gasteiger partial charge in [0.1, 0.15) is 5.58 Å². The van der Waals surface area contributed by atoms with Crippen molar-refractivity contribution in [2.45, 2.75) is 18.7 Å². The number of furan rings is 1. The molecule has 0 spiro atoms. The molecule has 0 aliphatic rings. The Bertz CT molecular complexity index is 949. The lowest BCUT2D eigenvalue weighted by Crippen LogP contribution is -2.14. The predicted molar refractivity (Wildman–Crippen MR) is 97.3 cm³/mol. The Labute approximate surface area is 147 Å². The monoisotopic (exact) mass is 361 g/mol. The van der Waals surface area contributed by atoms with Gasteiger partial charge in [0.15, 0.2) is 5.76 Å². The highest BCUT2D eigenvalue weighted by Gasteiger charge is 2.19. The number of carbonyl (C=O) groups is 1. The standard InChI is InChI=1S/C18H16ClNO3S/c1-3-24(22)16-7-5-4-6-14(16)20-18(21)17-11(2)13-10-12(19)8-9-15(13)23-17/h4-10H,3H2,1-2H3,(H,20,21). The van der Waals surface area contributed by atoms with E-state index in [0.29, 0.717) is 26.9 Å². The highest BCUT2D eigenvalue weighted by molar-refractivity contribution is 7.85. The number of hydrogen-bond donors (Lipinski definition) is 1. The average molecular weight is 362 g/mol. The van der Waals surface area contributed by atoms with Gasteiger partial charge in [-0.05, 0) is 37.3 Å². The van der Waals surface area contributed by atoms with Gasteiger partial charge in [0.25, 0.3) is 5.91 Å². The molecule has 3 aromatic rings. The van der Waals surface area contributed by atoms with Crippen LogP contribution in [-0.2, 0) is 10.8 Å². The molecule has 0 fully saturated rings. The van der Waals surface area contributed by atoms with Crippen LogP contribution in [0.25, 0.3) is 11.0 Å². The molecule has 0 radical (unpaired) electrons. The topological polar surface area (TPSA) is 59.3 Å². The molecule has 0 bridgehead atoms. The molecule has 3 rings (SSSR count). The Balaban J connectivity index is 1.97. The number of amides is 1. The SMILES string of the molecule is CCS(=O)c1ccccc1NC(=O)c1oc2ccc(Cl)cc2c1C. The van der Waals surface area contributed by atoms with Crippen LogP contribution in [0.3, 0.4) is 0 Å². The number of fused-ring (bicyclic) bond motifs is 1. The van der Waals surface area contributed by atoms with Crippen LogP contribution in [-0.4, -0.2) is 15.9 Å². The zero-order chi connectivity index (χ0) is 17.3. The van der Waals surface area contributed by atoms with Crippen molar-refractivity contribution in [2.24, 2.45) is 0 Å². The van der Waals surface area contributed by atoms with Crippen LogP contribution in [0.5, 0.6) is 0 Å². The molecule has 2 aromatic carbocycles. The van der Waals surface area contributed by atoms with Gasteiger partial charge < -0.3 is 9.73 Å². The third-order valence-electron chi connectivity index (χ3n) is 3.75. The predicted octanol–water partition coefficient (Wildman–Crippen LogP) is 4.77. The summed E-state index contributed by atoms with van der Waals surface area (Å²) in [6.45, 7) is 3.65. The molecule has 24 heavy (non-hydrogen) atoms. The van der Waals surface area contributed by atoms with Crippen molar-refractivity contribution >= 4 is 45.0 Å². The smallest absolute Gasteiger partial charge is 0.291 e. The van der Waals surface area contributed by atoms with Crippen LogP contribution in [0.1, 0.15) is 23.0 Å². The fourth-order valence-electron chi connectivity index (χ4n) is 2.51. The summed E-state index contributed by atoms with van der Waals surface area (Å²) in [5, 5.41) is 4.19. The highest BCUT2D eigenvalue weighted by atomic mass is 35.5. The van der Waals surface area contributed by atoms with Crippen molar-refractivity contribution in [3.05, 3.63) is 58.8 Å². The van der Waals surface area contributed by atoms with Gasteiger partial charge in [-0.2, -0.15) is 0 Å². The van der Waals surface area contributed by atoms with E-state index >= 15 is 0 Å². The van der Waals surface area contributed by atoms with Crippen molar-refractivity contribution < 1.29 is 13.4 Å². The molecule has 1 aromatic heterocycles. The number of halogens is 1. The van der Waals surface area contributed by atoms with E-state index in [1.165, 1.54) is 0 Å². The Morgan fingerprint density at radius 1 is 1.25 bits per heavy atom. The summed E-state index contributed by atoms with van der Waals surface area (Å²) < 4.78 is 17.8. The van der Waals surface area contributed by atoms with Gasteiger partial charge in [-0.15, -0.1) is 0 Å². The number of hydrogen-bond acceptors (Lipinski definition) is 3. The molecule has 0 aliphatic heterocycles. The third kappa shape index (κ3) is 3.09. The van der Waals surface area contributed by atoms with E-state index < -0.39 is 10.8 Å². The second-order valence-corrected chi connectivity index (χ2v) is 7.43. The molecule has 0 saturated carbocycles. The van der Waals surface area contributed by atoms with Crippen LogP contribution in [0.15, 0.2) is 51.8 Å². The fourth-order valence-corrected chi connectivity index (χ4v) is 3.59. The summed E-state index contributed by atoms with van der Waals surface area (Å²) in [5.41, 5.74) is 1.85. The normalized spacial score (nSPS) is 12.3. The molecule has 0 aliphatic carbocycles. The number of rotatable bonds is 4. The number of nitrogens with one attached hydrogen (secondary N) is 1. The molecule has 1 atom stereocenters. The van der Waals surface area contributed by atoms with Gasteiger partial charge in [0.2, 0.25) is 0 Å². The van der Waals surface area contributed by atoms with Gasteiger partial charge in [0.05, 0.1) is 21.4 Å². The molecule has 4 nitrogen and oxygen atoms in total.